The van der Waals surface area contributed by atoms with E-state index in [1.807, 2.05) is 0 Å². The van der Waals surface area contributed by atoms with Crippen LogP contribution in [0.1, 0.15) is 41.5 Å². The van der Waals surface area contributed by atoms with Crippen molar-refractivity contribution in [2.75, 3.05) is 19.6 Å². The van der Waals surface area contributed by atoms with Crippen LogP contribution in [0.15, 0.2) is 326 Å². The van der Waals surface area contributed by atoms with Gasteiger partial charge in [-0.3, -0.25) is 0 Å². The lowest BCUT2D eigenvalue weighted by molar-refractivity contribution is 0.751. The van der Waals surface area contributed by atoms with Gasteiger partial charge in [-0.25, -0.2) is 0 Å². The molecule has 17 rings (SSSR count). The normalized spacial score (nSPS) is 15.9. The molecule has 2 aliphatic heterocycles. The number of benzene rings is 11. The minimum absolute atomic E-state index is 0.225. The van der Waals surface area contributed by atoms with Crippen LogP contribution < -0.4 is 19.6 Å². The minimum atomic E-state index is -0.743. The molecule has 398 valence electrons. The summed E-state index contributed by atoms with van der Waals surface area (Å²) < 4.78 is 2.40. The van der Waals surface area contributed by atoms with Gasteiger partial charge < -0.3 is 24.2 Å². The molecule has 1 unspecified atom stereocenters. The first-order valence-electron chi connectivity index (χ1n) is 29.5. The number of anilines is 9. The zero-order valence-electron chi connectivity index (χ0n) is 46.3. The Labute approximate surface area is 490 Å². The molecule has 5 heteroatoms. The van der Waals surface area contributed by atoms with Gasteiger partial charge in [0.15, 0.2) is 0 Å². The highest BCUT2D eigenvalue weighted by Crippen LogP contribution is 2.65. The molecule has 5 aliphatic rings. The van der Waals surface area contributed by atoms with Crippen molar-refractivity contribution in [3.8, 4) is 16.8 Å². The zero-order valence-corrected chi connectivity index (χ0v) is 46.3. The van der Waals surface area contributed by atoms with E-state index < -0.39 is 5.41 Å². The maximum absolute atomic E-state index is 2.58. The number of hydrogen-bond acceptors (Lipinski definition) is 4. The topological polar surface area (TPSA) is 17.9 Å². The summed E-state index contributed by atoms with van der Waals surface area (Å²) in [6.07, 6.45) is 12.7. The van der Waals surface area contributed by atoms with Crippen molar-refractivity contribution in [3.05, 3.63) is 348 Å². The van der Waals surface area contributed by atoms with Crippen molar-refractivity contribution < 1.29 is 0 Å². The Morgan fingerprint density at radius 1 is 0.405 bits per heavy atom. The van der Waals surface area contributed by atoms with Gasteiger partial charge >= 0.3 is 0 Å². The van der Waals surface area contributed by atoms with E-state index in [-0.39, 0.29) is 6.04 Å². The average molecular weight is 1080 g/mol. The van der Waals surface area contributed by atoms with Crippen LogP contribution in [-0.2, 0) is 5.41 Å². The molecule has 1 aromatic heterocycles. The Bertz CT molecular complexity index is 4660. The molecule has 84 heavy (non-hydrogen) atoms. The van der Waals surface area contributed by atoms with Crippen molar-refractivity contribution in [1.82, 2.24) is 4.57 Å². The lowest BCUT2D eigenvalue weighted by atomic mass is 9.64. The van der Waals surface area contributed by atoms with E-state index in [9.17, 15) is 0 Å². The number of rotatable bonds is 9. The molecule has 1 atom stereocenters. The van der Waals surface area contributed by atoms with E-state index in [4.69, 9.17) is 0 Å². The molecular formula is C79H57N5. The van der Waals surface area contributed by atoms with Crippen LogP contribution in [0.4, 0.5) is 51.2 Å². The van der Waals surface area contributed by atoms with Gasteiger partial charge in [-0.2, -0.15) is 0 Å². The van der Waals surface area contributed by atoms with Crippen molar-refractivity contribution >= 4 is 73.0 Å². The summed E-state index contributed by atoms with van der Waals surface area (Å²) in [5, 5.41) is 2.43. The van der Waals surface area contributed by atoms with Crippen molar-refractivity contribution in [2.24, 2.45) is 0 Å². The van der Waals surface area contributed by atoms with Crippen LogP contribution in [0.5, 0.6) is 0 Å². The first kappa shape index (κ1) is 48.1. The van der Waals surface area contributed by atoms with E-state index in [0.29, 0.717) is 0 Å². The van der Waals surface area contributed by atoms with Gasteiger partial charge in [0, 0.05) is 67.7 Å². The SMILES string of the molecule is C1=CC2=C(CC1)C1=CC(N(c3ccccc3)c3ccc4c(c3)C3(c5cc(N(c6ccccc6)c6ccc7c(c6)c6ccccc6n7-c6ccccc6)ccc5-4)c4ccccc4N(c4ccccc4)c4ccccc43)=CCC1N2c1ccccc1. The Kier molecular flexibility index (Phi) is 11.0. The van der Waals surface area contributed by atoms with E-state index in [1.54, 1.807) is 0 Å². The molecule has 3 heterocycles. The highest BCUT2D eigenvalue weighted by atomic mass is 15.2. The van der Waals surface area contributed by atoms with Gasteiger partial charge in [-0.15, -0.1) is 0 Å². The molecule has 11 aromatic carbocycles. The summed E-state index contributed by atoms with van der Waals surface area (Å²) in [6, 6.07) is 104. The third-order valence-corrected chi connectivity index (χ3v) is 18.3. The summed E-state index contributed by atoms with van der Waals surface area (Å²) in [5.74, 6) is 0. The van der Waals surface area contributed by atoms with Gasteiger partial charge in [0.1, 0.15) is 0 Å². The predicted molar refractivity (Wildman–Crippen MR) is 348 cm³/mol. The molecule has 5 nitrogen and oxygen atoms in total. The van der Waals surface area contributed by atoms with Crippen LogP contribution >= 0.6 is 0 Å². The fraction of sp³-hybridized carbons (Fsp3) is 0.0633. The maximum Gasteiger partial charge on any atom is 0.0755 e. The van der Waals surface area contributed by atoms with Gasteiger partial charge in [0.2, 0.25) is 0 Å². The Hall–Kier alpha value is -10.6. The van der Waals surface area contributed by atoms with Gasteiger partial charge in [-0.1, -0.05) is 170 Å². The van der Waals surface area contributed by atoms with E-state index >= 15 is 0 Å². The first-order valence-corrected chi connectivity index (χ1v) is 29.5. The monoisotopic (exact) mass is 1080 g/mol. The lowest BCUT2D eigenvalue weighted by Gasteiger charge is -2.45. The fourth-order valence-corrected chi connectivity index (χ4v) is 14.9. The largest absolute Gasteiger partial charge is 0.333 e. The van der Waals surface area contributed by atoms with E-state index in [1.165, 1.54) is 83.4 Å². The van der Waals surface area contributed by atoms with Gasteiger partial charge in [0.05, 0.1) is 33.9 Å². The van der Waals surface area contributed by atoms with Crippen LogP contribution in [0.3, 0.4) is 0 Å². The standard InChI is InChI=1S/C79H57N5/c1-6-24-54(25-7-1)80(59-44-48-75-67(50-59)65-34-16-20-38-73(65)82(75)56-28-10-3-11-29-56)61-42-46-63-64-47-43-62(53-72(64)79(71(63)52-61)69-36-18-22-40-77(69)84(58-32-14-5-15-33-58)78-41-23-19-37-70(78)79)81(55-26-8-2-9-27-55)60-45-49-76-68(51-60)66-35-17-21-39-74(66)83(76)57-30-12-4-13-31-57/h1-16,18-34,36-48,50-53,76H,17,35,49H2. The highest BCUT2D eigenvalue weighted by molar-refractivity contribution is 6.11. The summed E-state index contributed by atoms with van der Waals surface area (Å²) in [6.45, 7) is 0. The average Bonchev–Trinajstić information content (AvgIpc) is 1.63. The van der Waals surface area contributed by atoms with Crippen molar-refractivity contribution in [1.29, 1.82) is 0 Å². The number of para-hydroxylation sites is 8. The summed E-state index contributed by atoms with van der Waals surface area (Å²) >= 11 is 0. The number of allylic oxidation sites excluding steroid dienone is 3. The van der Waals surface area contributed by atoms with Crippen molar-refractivity contribution in [3.63, 3.8) is 0 Å². The number of nitrogens with zero attached hydrogens (tertiary/aromatic N) is 5. The summed E-state index contributed by atoms with van der Waals surface area (Å²) in [7, 11) is 0. The molecule has 0 radical (unpaired) electrons. The summed E-state index contributed by atoms with van der Waals surface area (Å²) in [5.41, 5.74) is 25.9. The fourth-order valence-electron chi connectivity index (χ4n) is 14.9. The predicted octanol–water partition coefficient (Wildman–Crippen LogP) is 20.2. The molecule has 0 saturated heterocycles. The smallest absolute Gasteiger partial charge is 0.0755 e. The lowest BCUT2D eigenvalue weighted by Crippen LogP contribution is -2.36. The number of aromatic nitrogens is 1. The van der Waals surface area contributed by atoms with Crippen LogP contribution in [0.2, 0.25) is 0 Å². The maximum atomic E-state index is 2.58. The third-order valence-electron chi connectivity index (χ3n) is 18.3. The Morgan fingerprint density at radius 2 is 0.917 bits per heavy atom. The number of fused-ring (bicyclic) bond motifs is 14. The zero-order chi connectivity index (χ0) is 55.3. The molecule has 0 saturated carbocycles. The molecule has 0 amide bonds. The summed E-state index contributed by atoms with van der Waals surface area (Å²) in [4.78, 5) is 10.1. The minimum Gasteiger partial charge on any atom is -0.333 e. The number of hydrogen-bond donors (Lipinski definition) is 0. The third kappa shape index (κ3) is 7.21. The molecule has 0 bridgehead atoms. The molecular weight excluding hydrogens is 1020 g/mol. The van der Waals surface area contributed by atoms with E-state index in [0.717, 1.165) is 70.4 Å². The van der Waals surface area contributed by atoms with Crippen molar-refractivity contribution in [2.45, 2.75) is 30.7 Å². The van der Waals surface area contributed by atoms with Gasteiger partial charge in [-0.05, 0) is 197 Å². The quantitative estimate of drug-likeness (QED) is 0.143. The molecule has 1 spiro atoms. The highest BCUT2D eigenvalue weighted by Gasteiger charge is 2.52. The molecule has 12 aromatic rings. The second-order valence-electron chi connectivity index (χ2n) is 22.6. The van der Waals surface area contributed by atoms with Crippen LogP contribution in [0.25, 0.3) is 38.6 Å². The Balaban J connectivity index is 0.888. The van der Waals surface area contributed by atoms with Crippen LogP contribution in [-0.4, -0.2) is 10.6 Å². The van der Waals surface area contributed by atoms with Gasteiger partial charge in [0.25, 0.3) is 0 Å². The first-order chi connectivity index (χ1) is 41.7. The molecule has 3 aliphatic carbocycles. The second kappa shape index (κ2) is 19.3. The molecule has 0 N–H and O–H groups in total. The van der Waals surface area contributed by atoms with Crippen LogP contribution in [0, 0.1) is 0 Å². The van der Waals surface area contributed by atoms with E-state index in [2.05, 4.69) is 328 Å². The second-order valence-corrected chi connectivity index (χ2v) is 22.6. The Morgan fingerprint density at radius 3 is 1.57 bits per heavy atom. The molecule has 0 fully saturated rings.